The van der Waals surface area contributed by atoms with Crippen LogP contribution in [0.5, 0.6) is 0 Å². The van der Waals surface area contributed by atoms with Gasteiger partial charge >= 0.3 is 0 Å². The average Bonchev–Trinajstić information content (AvgIpc) is 3.36. The van der Waals surface area contributed by atoms with E-state index in [2.05, 4.69) is 10.6 Å². The molecule has 0 atom stereocenters. The fourth-order valence-corrected chi connectivity index (χ4v) is 2.27. The highest BCUT2D eigenvalue weighted by Crippen LogP contribution is 2.30. The van der Waals surface area contributed by atoms with E-state index >= 15 is 0 Å². The summed E-state index contributed by atoms with van der Waals surface area (Å²) in [5, 5.41) is 5.68. The lowest BCUT2D eigenvalue weighted by Crippen LogP contribution is -2.15. The predicted octanol–water partition coefficient (Wildman–Crippen LogP) is 4.08. The Morgan fingerprint density at radius 3 is 2.22 bits per heavy atom. The second kappa shape index (κ2) is 6.38. The van der Waals surface area contributed by atoms with Crippen molar-refractivity contribution in [1.82, 2.24) is 0 Å². The third-order valence-corrected chi connectivity index (χ3v) is 3.77. The standard InChI is InChI=1S/C17H14ClFN2O2/c18-11-3-8-15(19)14(9-11)17(23)21-13-6-4-12(5-7-13)20-16(22)10-1-2-10/h3-10H,1-2H2,(H,20,22)(H,21,23). The second-order valence-corrected chi connectivity index (χ2v) is 5.86. The van der Waals surface area contributed by atoms with Crippen LogP contribution < -0.4 is 10.6 Å². The van der Waals surface area contributed by atoms with E-state index in [1.807, 2.05) is 0 Å². The van der Waals surface area contributed by atoms with E-state index < -0.39 is 11.7 Å². The highest BCUT2D eigenvalue weighted by molar-refractivity contribution is 6.31. The summed E-state index contributed by atoms with van der Waals surface area (Å²) in [4.78, 5) is 23.7. The van der Waals surface area contributed by atoms with Gasteiger partial charge in [-0.1, -0.05) is 11.6 Å². The molecule has 1 fully saturated rings. The van der Waals surface area contributed by atoms with Crippen molar-refractivity contribution in [3.63, 3.8) is 0 Å². The van der Waals surface area contributed by atoms with Crippen LogP contribution in [0.4, 0.5) is 15.8 Å². The minimum Gasteiger partial charge on any atom is -0.326 e. The van der Waals surface area contributed by atoms with Gasteiger partial charge < -0.3 is 10.6 Å². The minimum atomic E-state index is -0.639. The fourth-order valence-electron chi connectivity index (χ4n) is 2.10. The number of rotatable bonds is 4. The van der Waals surface area contributed by atoms with E-state index in [1.54, 1.807) is 24.3 Å². The Morgan fingerprint density at radius 1 is 1.00 bits per heavy atom. The molecule has 23 heavy (non-hydrogen) atoms. The van der Waals surface area contributed by atoms with Gasteiger partial charge in [0, 0.05) is 22.3 Å². The number of hydrogen-bond acceptors (Lipinski definition) is 2. The molecule has 2 amide bonds. The lowest BCUT2D eigenvalue weighted by atomic mass is 10.2. The first-order valence-electron chi connectivity index (χ1n) is 7.20. The van der Waals surface area contributed by atoms with Crippen molar-refractivity contribution in [3.05, 3.63) is 58.9 Å². The third kappa shape index (κ3) is 3.87. The Hall–Kier alpha value is -2.40. The number of hydrogen-bond donors (Lipinski definition) is 2. The zero-order valence-corrected chi connectivity index (χ0v) is 12.9. The molecule has 0 unspecified atom stereocenters. The first kappa shape index (κ1) is 15.5. The summed E-state index contributed by atoms with van der Waals surface area (Å²) >= 11 is 5.78. The smallest absolute Gasteiger partial charge is 0.258 e. The lowest BCUT2D eigenvalue weighted by molar-refractivity contribution is -0.117. The lowest BCUT2D eigenvalue weighted by Gasteiger charge is -2.08. The molecular formula is C17H14ClFN2O2. The summed E-state index contributed by atoms with van der Waals surface area (Å²) in [6.45, 7) is 0. The molecular weight excluding hydrogens is 319 g/mol. The van der Waals surface area contributed by atoms with Gasteiger partial charge in [0.25, 0.3) is 5.91 Å². The molecule has 0 spiro atoms. The molecule has 0 aromatic heterocycles. The van der Waals surface area contributed by atoms with Gasteiger partial charge in [0.2, 0.25) is 5.91 Å². The molecule has 0 saturated heterocycles. The Labute approximate surface area is 137 Å². The number of carbonyl (C=O) groups is 2. The van der Waals surface area contributed by atoms with Crippen molar-refractivity contribution in [2.45, 2.75) is 12.8 Å². The highest BCUT2D eigenvalue weighted by atomic mass is 35.5. The van der Waals surface area contributed by atoms with Crippen LogP contribution in [-0.4, -0.2) is 11.8 Å². The molecule has 0 heterocycles. The Bertz CT molecular complexity index is 758. The fraction of sp³-hybridized carbons (Fsp3) is 0.176. The summed E-state index contributed by atoms with van der Waals surface area (Å²) in [7, 11) is 0. The monoisotopic (exact) mass is 332 g/mol. The molecule has 1 aliphatic carbocycles. The number of carbonyl (C=O) groups excluding carboxylic acids is 2. The normalized spacial score (nSPS) is 13.5. The maximum atomic E-state index is 13.6. The molecule has 4 nitrogen and oxygen atoms in total. The van der Waals surface area contributed by atoms with Crippen molar-refractivity contribution >= 4 is 34.8 Å². The van der Waals surface area contributed by atoms with E-state index in [0.717, 1.165) is 18.9 Å². The van der Waals surface area contributed by atoms with E-state index in [4.69, 9.17) is 11.6 Å². The SMILES string of the molecule is O=C(Nc1ccc(NC(=O)C2CC2)cc1)c1cc(Cl)ccc1F. The van der Waals surface area contributed by atoms with Crippen LogP contribution in [0.3, 0.4) is 0 Å². The van der Waals surface area contributed by atoms with Crippen molar-refractivity contribution in [2.24, 2.45) is 5.92 Å². The van der Waals surface area contributed by atoms with Crippen molar-refractivity contribution in [3.8, 4) is 0 Å². The number of anilines is 2. The van der Waals surface area contributed by atoms with Crippen LogP contribution in [0, 0.1) is 11.7 Å². The van der Waals surface area contributed by atoms with Gasteiger partial charge in [-0.3, -0.25) is 9.59 Å². The van der Waals surface area contributed by atoms with Crippen LogP contribution in [0.15, 0.2) is 42.5 Å². The van der Waals surface area contributed by atoms with E-state index in [9.17, 15) is 14.0 Å². The highest BCUT2D eigenvalue weighted by Gasteiger charge is 2.29. The van der Waals surface area contributed by atoms with Gasteiger partial charge in [-0.15, -0.1) is 0 Å². The van der Waals surface area contributed by atoms with Gasteiger partial charge in [-0.05, 0) is 55.3 Å². The first-order valence-corrected chi connectivity index (χ1v) is 7.58. The topological polar surface area (TPSA) is 58.2 Å². The third-order valence-electron chi connectivity index (χ3n) is 3.53. The molecule has 0 radical (unpaired) electrons. The summed E-state index contributed by atoms with van der Waals surface area (Å²) < 4.78 is 13.6. The van der Waals surface area contributed by atoms with Crippen molar-refractivity contribution in [2.75, 3.05) is 10.6 Å². The van der Waals surface area contributed by atoms with Gasteiger partial charge in [0.05, 0.1) is 5.56 Å². The zero-order chi connectivity index (χ0) is 16.4. The number of halogens is 2. The average molecular weight is 333 g/mol. The summed E-state index contributed by atoms with van der Waals surface area (Å²) in [5.74, 6) is -1.08. The Balaban J connectivity index is 1.66. The maximum Gasteiger partial charge on any atom is 0.258 e. The molecule has 3 rings (SSSR count). The second-order valence-electron chi connectivity index (χ2n) is 5.42. The van der Waals surface area contributed by atoms with Crippen LogP contribution in [0.25, 0.3) is 0 Å². The quantitative estimate of drug-likeness (QED) is 0.886. The van der Waals surface area contributed by atoms with E-state index in [1.165, 1.54) is 12.1 Å². The van der Waals surface area contributed by atoms with Gasteiger partial charge in [-0.25, -0.2) is 4.39 Å². The predicted molar refractivity (Wildman–Crippen MR) is 87.2 cm³/mol. The summed E-state index contributed by atoms with van der Waals surface area (Å²) in [6.07, 6.45) is 1.87. The number of benzene rings is 2. The molecule has 0 aliphatic heterocycles. The maximum absolute atomic E-state index is 13.6. The molecule has 0 bridgehead atoms. The molecule has 6 heteroatoms. The van der Waals surface area contributed by atoms with Crippen LogP contribution in [0.1, 0.15) is 23.2 Å². The summed E-state index contributed by atoms with van der Waals surface area (Å²) in [6, 6.07) is 10.5. The molecule has 2 aromatic rings. The van der Waals surface area contributed by atoms with E-state index in [-0.39, 0.29) is 22.4 Å². The molecule has 1 saturated carbocycles. The van der Waals surface area contributed by atoms with Crippen LogP contribution >= 0.6 is 11.6 Å². The van der Waals surface area contributed by atoms with Gasteiger partial charge in [0.15, 0.2) is 0 Å². The summed E-state index contributed by atoms with van der Waals surface area (Å²) in [5.41, 5.74) is 1.04. The minimum absolute atomic E-state index is 0.0165. The van der Waals surface area contributed by atoms with Crippen LogP contribution in [0.2, 0.25) is 5.02 Å². The Morgan fingerprint density at radius 2 is 1.61 bits per heavy atom. The van der Waals surface area contributed by atoms with Gasteiger partial charge in [-0.2, -0.15) is 0 Å². The van der Waals surface area contributed by atoms with Crippen LogP contribution in [-0.2, 0) is 4.79 Å². The molecule has 2 aromatic carbocycles. The van der Waals surface area contributed by atoms with Gasteiger partial charge in [0.1, 0.15) is 5.82 Å². The number of amides is 2. The molecule has 1 aliphatic rings. The first-order chi connectivity index (χ1) is 11.0. The Kier molecular flexibility index (Phi) is 4.30. The molecule has 118 valence electrons. The van der Waals surface area contributed by atoms with Crippen molar-refractivity contribution < 1.29 is 14.0 Å². The largest absolute Gasteiger partial charge is 0.326 e. The van der Waals surface area contributed by atoms with Crippen molar-refractivity contribution in [1.29, 1.82) is 0 Å². The zero-order valence-electron chi connectivity index (χ0n) is 12.1. The number of nitrogens with one attached hydrogen (secondary N) is 2. The van der Waals surface area contributed by atoms with E-state index in [0.29, 0.717) is 11.4 Å². The molecule has 2 N–H and O–H groups in total.